The van der Waals surface area contributed by atoms with Crippen molar-refractivity contribution >= 4 is 16.9 Å². The van der Waals surface area contributed by atoms with Crippen LogP contribution < -0.4 is 10.1 Å². The number of hydrogen-bond acceptors (Lipinski definition) is 4. The molecule has 3 rings (SSSR count). The van der Waals surface area contributed by atoms with Crippen LogP contribution in [0.5, 0.6) is 5.75 Å². The van der Waals surface area contributed by atoms with Crippen molar-refractivity contribution < 1.29 is 19.1 Å². The normalized spacial score (nSPS) is 21.3. The zero-order valence-electron chi connectivity index (χ0n) is 13.6. The zero-order chi connectivity index (χ0) is 16.4. The fraction of sp³-hybridized carbons (Fsp3) is 0.500. The van der Waals surface area contributed by atoms with Crippen LogP contribution in [0.2, 0.25) is 0 Å². The number of carbonyl (C=O) groups excluding carboxylic acids is 1. The average Bonchev–Trinajstić information content (AvgIpc) is 2.92. The maximum Gasteiger partial charge on any atom is 0.287 e. The molecule has 0 atom stereocenters. The highest BCUT2D eigenvalue weighted by Gasteiger charge is 2.25. The third kappa shape index (κ3) is 3.20. The van der Waals surface area contributed by atoms with Gasteiger partial charge in [-0.05, 0) is 56.7 Å². The minimum absolute atomic E-state index is 0.160. The highest BCUT2D eigenvalue weighted by atomic mass is 16.5. The monoisotopic (exact) mass is 317 g/mol. The van der Waals surface area contributed by atoms with E-state index in [9.17, 15) is 9.90 Å². The summed E-state index contributed by atoms with van der Waals surface area (Å²) in [5, 5.41) is 13.2. The van der Waals surface area contributed by atoms with Gasteiger partial charge in [-0.1, -0.05) is 0 Å². The average molecular weight is 317 g/mol. The lowest BCUT2D eigenvalue weighted by Gasteiger charge is -2.27. The van der Waals surface area contributed by atoms with Crippen LogP contribution in [0.15, 0.2) is 22.6 Å². The number of methoxy groups -OCH3 is 1. The van der Waals surface area contributed by atoms with Crippen LogP contribution in [0.3, 0.4) is 0 Å². The van der Waals surface area contributed by atoms with Crippen molar-refractivity contribution in [1.29, 1.82) is 0 Å². The molecule has 0 aliphatic heterocycles. The van der Waals surface area contributed by atoms with Crippen LogP contribution in [-0.2, 0) is 0 Å². The molecule has 1 heterocycles. The van der Waals surface area contributed by atoms with Crippen molar-refractivity contribution in [3.05, 3.63) is 29.5 Å². The van der Waals surface area contributed by atoms with Gasteiger partial charge in [-0.15, -0.1) is 0 Å². The van der Waals surface area contributed by atoms with Crippen LogP contribution in [0.1, 0.15) is 41.8 Å². The standard InChI is InChI=1S/C18H23NO4/c1-11-15-9-14(22-2)7-8-16(15)23-17(11)18(21)19-13-5-3-12(10-20)4-6-13/h7-9,12-13,20H,3-6,10H2,1-2H3,(H,19,21). The van der Waals surface area contributed by atoms with Crippen LogP contribution >= 0.6 is 0 Å². The molecule has 0 saturated heterocycles. The summed E-state index contributed by atoms with van der Waals surface area (Å²) in [7, 11) is 1.62. The van der Waals surface area contributed by atoms with Gasteiger partial charge >= 0.3 is 0 Å². The second-order valence-electron chi connectivity index (χ2n) is 6.29. The van der Waals surface area contributed by atoms with E-state index in [-0.39, 0.29) is 18.6 Å². The second-order valence-corrected chi connectivity index (χ2v) is 6.29. The third-order valence-corrected chi connectivity index (χ3v) is 4.79. The van der Waals surface area contributed by atoms with Gasteiger partial charge in [-0.25, -0.2) is 0 Å². The molecule has 23 heavy (non-hydrogen) atoms. The smallest absolute Gasteiger partial charge is 0.287 e. The number of aryl methyl sites for hydroxylation is 1. The van der Waals surface area contributed by atoms with E-state index in [1.807, 2.05) is 25.1 Å². The number of amides is 1. The van der Waals surface area contributed by atoms with E-state index in [2.05, 4.69) is 5.32 Å². The van der Waals surface area contributed by atoms with Gasteiger partial charge in [0.25, 0.3) is 5.91 Å². The summed E-state index contributed by atoms with van der Waals surface area (Å²) in [4.78, 5) is 12.5. The lowest BCUT2D eigenvalue weighted by molar-refractivity contribution is 0.0887. The zero-order valence-corrected chi connectivity index (χ0v) is 13.6. The number of aliphatic hydroxyl groups excluding tert-OH is 1. The Bertz CT molecular complexity index is 698. The van der Waals surface area contributed by atoms with Crippen molar-refractivity contribution in [2.75, 3.05) is 13.7 Å². The third-order valence-electron chi connectivity index (χ3n) is 4.79. The Labute approximate surface area is 135 Å². The molecule has 1 saturated carbocycles. The fourth-order valence-electron chi connectivity index (χ4n) is 3.28. The quantitative estimate of drug-likeness (QED) is 0.909. The molecule has 0 bridgehead atoms. The SMILES string of the molecule is COc1ccc2oc(C(=O)NC3CCC(CO)CC3)c(C)c2c1. The lowest BCUT2D eigenvalue weighted by atomic mass is 9.86. The molecule has 1 amide bonds. The van der Waals surface area contributed by atoms with Gasteiger partial charge in [0.15, 0.2) is 5.76 Å². The molecule has 2 aromatic rings. The number of hydrogen-bond donors (Lipinski definition) is 2. The Balaban J connectivity index is 1.75. The van der Waals surface area contributed by atoms with Crippen molar-refractivity contribution in [3.8, 4) is 5.75 Å². The summed E-state index contributed by atoms with van der Waals surface area (Å²) in [6.45, 7) is 2.13. The Morgan fingerprint density at radius 3 is 2.74 bits per heavy atom. The number of carbonyl (C=O) groups is 1. The first-order valence-corrected chi connectivity index (χ1v) is 8.11. The van der Waals surface area contributed by atoms with Gasteiger partial charge in [0.2, 0.25) is 0 Å². The molecule has 1 fully saturated rings. The van der Waals surface area contributed by atoms with Crippen molar-refractivity contribution in [1.82, 2.24) is 5.32 Å². The number of fused-ring (bicyclic) bond motifs is 1. The molecule has 1 aromatic carbocycles. The van der Waals surface area contributed by atoms with Gasteiger partial charge in [-0.2, -0.15) is 0 Å². The number of furan rings is 1. The molecule has 0 radical (unpaired) electrons. The minimum atomic E-state index is -0.162. The lowest BCUT2D eigenvalue weighted by Crippen LogP contribution is -2.38. The van der Waals surface area contributed by atoms with Gasteiger partial charge in [-0.3, -0.25) is 4.79 Å². The first-order chi connectivity index (χ1) is 11.1. The van der Waals surface area contributed by atoms with Crippen LogP contribution in [0, 0.1) is 12.8 Å². The second kappa shape index (κ2) is 6.62. The molecule has 0 spiro atoms. The Morgan fingerprint density at radius 1 is 1.35 bits per heavy atom. The van der Waals surface area contributed by atoms with Crippen LogP contribution in [-0.4, -0.2) is 30.8 Å². The van der Waals surface area contributed by atoms with E-state index < -0.39 is 0 Å². The maximum absolute atomic E-state index is 12.5. The van der Waals surface area contributed by atoms with Crippen molar-refractivity contribution in [3.63, 3.8) is 0 Å². The summed E-state index contributed by atoms with van der Waals surface area (Å²) in [6.07, 6.45) is 3.73. The predicted octanol–water partition coefficient (Wildman–Crippen LogP) is 3.03. The van der Waals surface area contributed by atoms with E-state index in [4.69, 9.17) is 9.15 Å². The van der Waals surface area contributed by atoms with Crippen molar-refractivity contribution in [2.45, 2.75) is 38.6 Å². The molecule has 2 N–H and O–H groups in total. The van der Waals surface area contributed by atoms with E-state index in [0.29, 0.717) is 17.3 Å². The largest absolute Gasteiger partial charge is 0.497 e. The number of rotatable bonds is 4. The summed E-state index contributed by atoms with van der Waals surface area (Å²) in [5.41, 5.74) is 1.53. The number of benzene rings is 1. The summed E-state index contributed by atoms with van der Waals surface area (Å²) < 4.78 is 11.0. The van der Waals surface area contributed by atoms with Gasteiger partial charge in [0.1, 0.15) is 11.3 Å². The fourth-order valence-corrected chi connectivity index (χ4v) is 3.28. The maximum atomic E-state index is 12.5. The van der Waals surface area contributed by atoms with Gasteiger partial charge in [0.05, 0.1) is 7.11 Å². The van der Waals surface area contributed by atoms with E-state index in [1.54, 1.807) is 7.11 Å². The summed E-state index contributed by atoms with van der Waals surface area (Å²) in [6, 6.07) is 5.69. The number of aliphatic hydroxyl groups is 1. The molecular formula is C18H23NO4. The number of ether oxygens (including phenoxy) is 1. The minimum Gasteiger partial charge on any atom is -0.497 e. The van der Waals surface area contributed by atoms with Gasteiger partial charge < -0.3 is 19.6 Å². The van der Waals surface area contributed by atoms with Crippen LogP contribution in [0.4, 0.5) is 0 Å². The van der Waals surface area contributed by atoms with Gasteiger partial charge in [0, 0.05) is 23.6 Å². The van der Waals surface area contributed by atoms with E-state index in [0.717, 1.165) is 42.4 Å². The molecular weight excluding hydrogens is 294 g/mol. The summed E-state index contributed by atoms with van der Waals surface area (Å²) >= 11 is 0. The van der Waals surface area contributed by atoms with E-state index >= 15 is 0 Å². The van der Waals surface area contributed by atoms with Crippen LogP contribution in [0.25, 0.3) is 11.0 Å². The Morgan fingerprint density at radius 2 is 2.09 bits per heavy atom. The molecule has 0 unspecified atom stereocenters. The Hall–Kier alpha value is -2.01. The Kier molecular flexibility index (Phi) is 4.57. The number of nitrogens with one attached hydrogen (secondary N) is 1. The first-order valence-electron chi connectivity index (χ1n) is 8.11. The van der Waals surface area contributed by atoms with E-state index in [1.165, 1.54) is 0 Å². The highest BCUT2D eigenvalue weighted by molar-refractivity contribution is 5.99. The molecule has 124 valence electrons. The highest BCUT2D eigenvalue weighted by Crippen LogP contribution is 2.29. The molecule has 1 aliphatic carbocycles. The molecule has 5 nitrogen and oxygen atoms in total. The first kappa shape index (κ1) is 15.9. The molecule has 1 aliphatic rings. The predicted molar refractivity (Wildman–Crippen MR) is 87.8 cm³/mol. The summed E-state index contributed by atoms with van der Waals surface area (Å²) in [5.74, 6) is 1.34. The molecule has 1 aromatic heterocycles. The molecule has 5 heteroatoms. The van der Waals surface area contributed by atoms with Crippen molar-refractivity contribution in [2.24, 2.45) is 5.92 Å². The topological polar surface area (TPSA) is 71.7 Å².